The topological polar surface area (TPSA) is 49.3 Å². The average molecular weight is 342 g/mol. The maximum absolute atomic E-state index is 12.6. The van der Waals surface area contributed by atoms with Gasteiger partial charge in [0, 0.05) is 37.1 Å². The monoisotopic (exact) mass is 342 g/mol. The second kappa shape index (κ2) is 6.61. The summed E-state index contributed by atoms with van der Waals surface area (Å²) in [6.07, 6.45) is 8.74. The Balaban J connectivity index is 1.34. The lowest BCUT2D eigenvalue weighted by Crippen LogP contribution is -2.41. The molecule has 1 amide bonds. The Bertz CT molecular complexity index is 680. The predicted octanol–water partition coefficient (Wildman–Crippen LogP) is 2.67. The zero-order valence-corrected chi connectivity index (χ0v) is 14.5. The lowest BCUT2D eigenvalue weighted by Gasteiger charge is -2.39. The number of piperidine rings is 1. The van der Waals surface area contributed by atoms with Crippen molar-refractivity contribution in [2.75, 3.05) is 26.2 Å². The van der Waals surface area contributed by atoms with Gasteiger partial charge in [0.2, 0.25) is 0 Å². The molecule has 1 spiro atoms. The molecule has 4 rings (SSSR count). The molecule has 126 valence electrons. The number of nitrogens with zero attached hydrogens (tertiary/aromatic N) is 4. The van der Waals surface area contributed by atoms with Crippen molar-refractivity contribution in [2.45, 2.75) is 25.8 Å². The Morgan fingerprint density at radius 1 is 1.21 bits per heavy atom. The molecule has 24 heavy (non-hydrogen) atoms. The first-order valence-corrected chi connectivity index (χ1v) is 9.42. The van der Waals surface area contributed by atoms with Crippen molar-refractivity contribution in [1.82, 2.24) is 19.8 Å². The van der Waals surface area contributed by atoms with Crippen LogP contribution in [0.5, 0.6) is 0 Å². The molecule has 2 aliphatic rings. The summed E-state index contributed by atoms with van der Waals surface area (Å²) in [7, 11) is 0. The molecule has 0 unspecified atom stereocenters. The van der Waals surface area contributed by atoms with E-state index in [0.29, 0.717) is 11.0 Å². The molecular weight excluding hydrogens is 320 g/mol. The molecule has 0 aromatic carbocycles. The van der Waals surface area contributed by atoms with Crippen LogP contribution < -0.4 is 0 Å². The number of hydrogen-bond donors (Lipinski definition) is 0. The zero-order chi connectivity index (χ0) is 16.4. The van der Waals surface area contributed by atoms with Crippen molar-refractivity contribution >= 4 is 17.2 Å². The highest BCUT2D eigenvalue weighted by molar-refractivity contribution is 7.09. The minimum Gasteiger partial charge on any atom is -0.338 e. The third-order valence-corrected chi connectivity index (χ3v) is 6.16. The van der Waals surface area contributed by atoms with Crippen LogP contribution in [0.4, 0.5) is 0 Å². The Labute approximate surface area is 146 Å². The summed E-state index contributed by atoms with van der Waals surface area (Å²) in [6, 6.07) is 3.69. The summed E-state index contributed by atoms with van der Waals surface area (Å²) in [5.41, 5.74) is 1.02. The third kappa shape index (κ3) is 3.21. The number of likely N-dealkylation sites (tertiary alicyclic amines) is 2. The van der Waals surface area contributed by atoms with E-state index in [2.05, 4.69) is 14.9 Å². The standard InChI is InChI=1S/C18H22N4OS/c23-17(15-2-1-6-19-12-15)22-10-5-18(14-22)3-8-21(9-4-18)13-16-20-7-11-24-16/h1-2,6-7,11-12H,3-5,8-10,13-14H2. The maximum atomic E-state index is 12.6. The number of carbonyl (C=O) groups is 1. The number of pyridine rings is 1. The fourth-order valence-electron chi connectivity index (χ4n) is 3.90. The number of carbonyl (C=O) groups excluding carboxylic acids is 1. The molecule has 2 aliphatic heterocycles. The lowest BCUT2D eigenvalue weighted by atomic mass is 9.78. The van der Waals surface area contributed by atoms with Gasteiger partial charge in [-0.1, -0.05) is 0 Å². The Morgan fingerprint density at radius 3 is 2.75 bits per heavy atom. The summed E-state index contributed by atoms with van der Waals surface area (Å²) in [5.74, 6) is 0.130. The van der Waals surface area contributed by atoms with E-state index in [1.807, 2.05) is 28.6 Å². The van der Waals surface area contributed by atoms with E-state index in [1.165, 1.54) is 17.8 Å². The van der Waals surface area contributed by atoms with Gasteiger partial charge in [-0.15, -0.1) is 11.3 Å². The van der Waals surface area contributed by atoms with Crippen molar-refractivity contribution in [2.24, 2.45) is 5.41 Å². The SMILES string of the molecule is O=C(c1cccnc1)N1CCC2(CCN(Cc3nccs3)CC2)C1. The van der Waals surface area contributed by atoms with E-state index in [9.17, 15) is 4.79 Å². The highest BCUT2D eigenvalue weighted by Crippen LogP contribution is 2.41. The van der Waals surface area contributed by atoms with Crippen LogP contribution in [0.25, 0.3) is 0 Å². The minimum absolute atomic E-state index is 0.130. The van der Waals surface area contributed by atoms with Crippen molar-refractivity contribution in [3.8, 4) is 0 Å². The van der Waals surface area contributed by atoms with Crippen molar-refractivity contribution < 1.29 is 4.79 Å². The molecule has 0 aliphatic carbocycles. The van der Waals surface area contributed by atoms with Crippen LogP contribution in [0.15, 0.2) is 36.1 Å². The summed E-state index contributed by atoms with van der Waals surface area (Å²) < 4.78 is 0. The number of aromatic nitrogens is 2. The van der Waals surface area contributed by atoms with Gasteiger partial charge < -0.3 is 4.90 Å². The average Bonchev–Trinajstić information content (AvgIpc) is 3.28. The first kappa shape index (κ1) is 15.7. The van der Waals surface area contributed by atoms with Crippen LogP contribution in [0.2, 0.25) is 0 Å². The largest absolute Gasteiger partial charge is 0.338 e. The van der Waals surface area contributed by atoms with Gasteiger partial charge >= 0.3 is 0 Å². The molecule has 4 heterocycles. The van der Waals surface area contributed by atoms with Crippen molar-refractivity contribution in [3.63, 3.8) is 0 Å². The summed E-state index contributed by atoms with van der Waals surface area (Å²) in [4.78, 5) is 25.6. The van der Waals surface area contributed by atoms with Gasteiger partial charge in [0.15, 0.2) is 0 Å². The molecule has 0 atom stereocenters. The second-order valence-corrected chi connectivity index (χ2v) is 7.90. The molecule has 2 aromatic heterocycles. The first-order chi connectivity index (χ1) is 11.7. The quantitative estimate of drug-likeness (QED) is 0.860. The number of hydrogen-bond acceptors (Lipinski definition) is 5. The van der Waals surface area contributed by atoms with Gasteiger partial charge in [0.1, 0.15) is 5.01 Å². The molecule has 0 saturated carbocycles. The highest BCUT2D eigenvalue weighted by Gasteiger charge is 2.42. The molecule has 2 aromatic rings. The fraction of sp³-hybridized carbons (Fsp3) is 0.500. The normalized spacial score (nSPS) is 20.6. The fourth-order valence-corrected chi connectivity index (χ4v) is 4.55. The maximum Gasteiger partial charge on any atom is 0.255 e. The van der Waals surface area contributed by atoms with E-state index >= 15 is 0 Å². The predicted molar refractivity (Wildman–Crippen MR) is 93.8 cm³/mol. The molecule has 6 heteroatoms. The highest BCUT2D eigenvalue weighted by atomic mass is 32.1. The molecule has 0 N–H and O–H groups in total. The van der Waals surface area contributed by atoms with E-state index in [-0.39, 0.29) is 5.91 Å². The Kier molecular flexibility index (Phi) is 4.33. The van der Waals surface area contributed by atoms with E-state index in [0.717, 1.165) is 39.1 Å². The second-order valence-electron chi connectivity index (χ2n) is 6.92. The van der Waals surface area contributed by atoms with Crippen LogP contribution in [0, 0.1) is 5.41 Å². The van der Waals surface area contributed by atoms with Crippen LogP contribution in [-0.2, 0) is 6.54 Å². The number of rotatable bonds is 3. The van der Waals surface area contributed by atoms with Crippen molar-refractivity contribution in [1.29, 1.82) is 0 Å². The summed E-state index contributed by atoms with van der Waals surface area (Å²) in [5, 5.41) is 3.24. The molecule has 2 fully saturated rings. The van der Waals surface area contributed by atoms with E-state index < -0.39 is 0 Å². The number of thiazole rings is 1. The van der Waals surface area contributed by atoms with Crippen molar-refractivity contribution in [3.05, 3.63) is 46.7 Å². The first-order valence-electron chi connectivity index (χ1n) is 8.54. The molecular formula is C18H22N4OS. The Morgan fingerprint density at radius 2 is 2.04 bits per heavy atom. The van der Waals surface area contributed by atoms with Gasteiger partial charge in [-0.05, 0) is 49.9 Å². The molecule has 5 nitrogen and oxygen atoms in total. The third-order valence-electron chi connectivity index (χ3n) is 5.39. The van der Waals surface area contributed by atoms with Crippen LogP contribution >= 0.6 is 11.3 Å². The summed E-state index contributed by atoms with van der Waals surface area (Å²) in [6.45, 7) is 4.95. The zero-order valence-electron chi connectivity index (χ0n) is 13.7. The molecule has 0 bridgehead atoms. The van der Waals surface area contributed by atoms with Crippen LogP contribution in [0.3, 0.4) is 0 Å². The van der Waals surface area contributed by atoms with E-state index in [1.54, 1.807) is 23.7 Å². The molecule has 2 saturated heterocycles. The van der Waals surface area contributed by atoms with Crippen LogP contribution in [0.1, 0.15) is 34.6 Å². The minimum atomic E-state index is 0.130. The van der Waals surface area contributed by atoms with Gasteiger partial charge in [0.25, 0.3) is 5.91 Å². The van der Waals surface area contributed by atoms with Crippen LogP contribution in [-0.4, -0.2) is 51.9 Å². The smallest absolute Gasteiger partial charge is 0.255 e. The summed E-state index contributed by atoms with van der Waals surface area (Å²) >= 11 is 1.73. The van der Waals surface area contributed by atoms with Gasteiger partial charge in [0.05, 0.1) is 12.1 Å². The van der Waals surface area contributed by atoms with Gasteiger partial charge in [-0.2, -0.15) is 0 Å². The lowest BCUT2D eigenvalue weighted by molar-refractivity contribution is 0.0713. The van der Waals surface area contributed by atoms with Gasteiger partial charge in [-0.3, -0.25) is 14.7 Å². The number of amides is 1. The van der Waals surface area contributed by atoms with E-state index in [4.69, 9.17) is 0 Å². The Hall–Kier alpha value is -1.79. The molecule has 0 radical (unpaired) electrons. The van der Waals surface area contributed by atoms with Gasteiger partial charge in [-0.25, -0.2) is 4.98 Å².